The molecule has 0 amide bonds. The number of rotatable bonds is 8. The van der Waals surface area contributed by atoms with Crippen LogP contribution in [0.15, 0.2) is 41.6 Å². The molecule has 156 valence electrons. The van der Waals surface area contributed by atoms with Crippen molar-refractivity contribution in [3.63, 3.8) is 0 Å². The number of ketones is 1. The third kappa shape index (κ3) is 3.62. The van der Waals surface area contributed by atoms with Crippen LogP contribution in [0.2, 0.25) is 0 Å². The molecular formula is C24H28N4OS. The Morgan fingerprint density at radius 3 is 2.53 bits per heavy atom. The lowest BCUT2D eigenvalue weighted by Crippen LogP contribution is -2.12. The van der Waals surface area contributed by atoms with Crippen molar-refractivity contribution in [2.75, 3.05) is 5.75 Å². The maximum Gasteiger partial charge on any atom is 0.191 e. The van der Waals surface area contributed by atoms with Crippen LogP contribution in [-0.2, 0) is 0 Å². The molecule has 5 nitrogen and oxygen atoms in total. The number of Topliss-reactive ketones (excluding diaryl/α,β-unsaturated/α-hetero) is 1. The van der Waals surface area contributed by atoms with E-state index in [0.717, 1.165) is 27.9 Å². The van der Waals surface area contributed by atoms with E-state index in [0.29, 0.717) is 17.7 Å². The van der Waals surface area contributed by atoms with Gasteiger partial charge in [0.25, 0.3) is 0 Å². The summed E-state index contributed by atoms with van der Waals surface area (Å²) < 4.78 is 4.58. The molecule has 2 aliphatic carbocycles. The van der Waals surface area contributed by atoms with Crippen molar-refractivity contribution in [3.05, 3.63) is 64.7 Å². The topological polar surface area (TPSA) is 52.7 Å². The molecule has 30 heavy (non-hydrogen) atoms. The van der Waals surface area contributed by atoms with Gasteiger partial charge in [0, 0.05) is 28.9 Å². The molecule has 1 aromatic carbocycles. The zero-order valence-electron chi connectivity index (χ0n) is 17.8. The summed E-state index contributed by atoms with van der Waals surface area (Å²) in [6, 6.07) is 13.2. The largest absolute Gasteiger partial charge is 0.341 e. The van der Waals surface area contributed by atoms with Crippen molar-refractivity contribution < 1.29 is 4.79 Å². The Balaban J connectivity index is 1.34. The molecule has 0 unspecified atom stereocenters. The fourth-order valence-electron chi connectivity index (χ4n) is 4.43. The number of aryl methyl sites for hydroxylation is 1. The molecule has 0 bridgehead atoms. The van der Waals surface area contributed by atoms with Crippen molar-refractivity contribution in [3.8, 4) is 0 Å². The van der Waals surface area contributed by atoms with Crippen LogP contribution in [0.4, 0.5) is 0 Å². The fraction of sp³-hybridized carbons (Fsp3) is 0.458. The van der Waals surface area contributed by atoms with Gasteiger partial charge >= 0.3 is 0 Å². The van der Waals surface area contributed by atoms with Gasteiger partial charge in [-0.2, -0.15) is 0 Å². The van der Waals surface area contributed by atoms with E-state index < -0.39 is 0 Å². The van der Waals surface area contributed by atoms with E-state index in [1.54, 1.807) is 11.8 Å². The molecule has 2 aliphatic rings. The second-order valence-corrected chi connectivity index (χ2v) is 9.61. The zero-order chi connectivity index (χ0) is 20.8. The minimum absolute atomic E-state index is 0.165. The minimum atomic E-state index is 0.165. The van der Waals surface area contributed by atoms with Gasteiger partial charge in [0.15, 0.2) is 10.9 Å². The lowest BCUT2D eigenvalue weighted by molar-refractivity contribution is 0.102. The van der Waals surface area contributed by atoms with Gasteiger partial charge in [-0.15, -0.1) is 10.2 Å². The highest BCUT2D eigenvalue weighted by atomic mass is 32.2. The highest BCUT2D eigenvalue weighted by Crippen LogP contribution is 2.46. The number of hydrogen-bond donors (Lipinski definition) is 0. The molecule has 2 saturated carbocycles. The summed E-state index contributed by atoms with van der Waals surface area (Å²) in [5.41, 5.74) is 4.23. The maximum atomic E-state index is 13.1. The standard InChI is InChI=1S/C24H28N4OS/c1-15-13-21(17(3)27(15)16(2)18-7-5-4-6-8-18)22(29)14-30-24-26-25-23(19-9-10-19)28(24)20-11-12-20/h4-8,13,16,19-20H,9-12,14H2,1-3H3/t16-/m1/s1. The Morgan fingerprint density at radius 2 is 1.87 bits per heavy atom. The molecule has 0 spiro atoms. The highest BCUT2D eigenvalue weighted by molar-refractivity contribution is 7.99. The number of carbonyl (C=O) groups excluding carboxylic acids is 1. The van der Waals surface area contributed by atoms with Crippen LogP contribution in [0.1, 0.15) is 83.7 Å². The van der Waals surface area contributed by atoms with Crippen LogP contribution in [0.25, 0.3) is 0 Å². The average molecular weight is 421 g/mol. The van der Waals surface area contributed by atoms with Crippen LogP contribution in [0.3, 0.4) is 0 Å². The molecule has 2 fully saturated rings. The minimum Gasteiger partial charge on any atom is -0.341 e. The van der Waals surface area contributed by atoms with Crippen molar-refractivity contribution in [2.24, 2.45) is 0 Å². The van der Waals surface area contributed by atoms with Crippen molar-refractivity contribution in [2.45, 2.75) is 69.6 Å². The van der Waals surface area contributed by atoms with Gasteiger partial charge in [0.2, 0.25) is 0 Å². The smallest absolute Gasteiger partial charge is 0.191 e. The summed E-state index contributed by atoms with van der Waals surface area (Å²) in [5.74, 6) is 2.29. The number of nitrogens with zero attached hydrogens (tertiary/aromatic N) is 4. The predicted molar refractivity (Wildman–Crippen MR) is 119 cm³/mol. The first-order chi connectivity index (χ1) is 14.5. The Morgan fingerprint density at radius 1 is 1.13 bits per heavy atom. The predicted octanol–water partition coefficient (Wildman–Crippen LogP) is 5.49. The summed E-state index contributed by atoms with van der Waals surface area (Å²) in [5, 5.41) is 9.81. The summed E-state index contributed by atoms with van der Waals surface area (Å²) >= 11 is 1.54. The van der Waals surface area contributed by atoms with Gasteiger partial charge in [-0.05, 0) is 58.1 Å². The summed E-state index contributed by atoms with van der Waals surface area (Å²) in [6.45, 7) is 6.33. The van der Waals surface area contributed by atoms with E-state index in [4.69, 9.17) is 0 Å². The third-order valence-electron chi connectivity index (χ3n) is 6.33. The molecule has 0 N–H and O–H groups in total. The quantitative estimate of drug-likeness (QED) is 0.357. The van der Waals surface area contributed by atoms with Gasteiger partial charge < -0.3 is 9.13 Å². The van der Waals surface area contributed by atoms with Gasteiger partial charge in [-0.3, -0.25) is 4.79 Å². The third-order valence-corrected chi connectivity index (χ3v) is 7.27. The number of carbonyl (C=O) groups is 1. The Hall–Kier alpha value is -2.34. The maximum absolute atomic E-state index is 13.1. The highest BCUT2D eigenvalue weighted by Gasteiger charge is 2.36. The molecule has 1 atom stereocenters. The number of hydrogen-bond acceptors (Lipinski definition) is 4. The van der Waals surface area contributed by atoms with Gasteiger partial charge in [-0.1, -0.05) is 42.1 Å². The SMILES string of the molecule is Cc1cc(C(=O)CSc2nnc(C3CC3)n2C2CC2)c(C)n1[C@H](C)c1ccccc1. The van der Waals surface area contributed by atoms with E-state index in [9.17, 15) is 4.79 Å². The van der Waals surface area contributed by atoms with Crippen molar-refractivity contribution >= 4 is 17.5 Å². The molecule has 5 rings (SSSR count). The molecule has 0 radical (unpaired) electrons. The van der Waals surface area contributed by atoms with E-state index in [2.05, 4.69) is 64.4 Å². The molecule has 0 saturated heterocycles. The lowest BCUT2D eigenvalue weighted by Gasteiger charge is -2.19. The Labute approximate surface area is 181 Å². The van der Waals surface area contributed by atoms with Gasteiger partial charge in [0.1, 0.15) is 5.82 Å². The zero-order valence-corrected chi connectivity index (χ0v) is 18.7. The Kier molecular flexibility index (Phi) is 5.05. The first-order valence-corrected chi connectivity index (χ1v) is 11.9. The Bertz CT molecular complexity index is 1080. The van der Waals surface area contributed by atoms with Crippen LogP contribution in [0, 0.1) is 13.8 Å². The van der Waals surface area contributed by atoms with Crippen molar-refractivity contribution in [1.82, 2.24) is 19.3 Å². The molecular weight excluding hydrogens is 392 g/mol. The van der Waals surface area contributed by atoms with Crippen LogP contribution in [0.5, 0.6) is 0 Å². The van der Waals surface area contributed by atoms with Crippen LogP contribution in [-0.4, -0.2) is 30.9 Å². The second-order valence-electron chi connectivity index (χ2n) is 8.67. The summed E-state index contributed by atoms with van der Waals surface area (Å²) in [4.78, 5) is 13.1. The molecule has 6 heteroatoms. The molecule has 3 aromatic rings. The number of benzene rings is 1. The fourth-order valence-corrected chi connectivity index (χ4v) is 5.32. The van der Waals surface area contributed by atoms with E-state index in [-0.39, 0.29) is 11.8 Å². The number of thioether (sulfide) groups is 1. The monoisotopic (exact) mass is 420 g/mol. The molecule has 0 aliphatic heterocycles. The number of aromatic nitrogens is 4. The van der Waals surface area contributed by atoms with Gasteiger partial charge in [0.05, 0.1) is 11.8 Å². The van der Waals surface area contributed by atoms with E-state index in [1.165, 1.54) is 31.2 Å². The van der Waals surface area contributed by atoms with E-state index >= 15 is 0 Å². The normalized spacial score (nSPS) is 17.3. The first kappa shape index (κ1) is 19.6. The van der Waals surface area contributed by atoms with Crippen molar-refractivity contribution in [1.29, 1.82) is 0 Å². The lowest BCUT2D eigenvalue weighted by atomic mass is 10.1. The first-order valence-electron chi connectivity index (χ1n) is 10.9. The second kappa shape index (κ2) is 7.73. The van der Waals surface area contributed by atoms with E-state index in [1.807, 2.05) is 12.1 Å². The average Bonchev–Trinajstić information content (AvgIpc) is 3.69. The van der Waals surface area contributed by atoms with Crippen LogP contribution >= 0.6 is 11.8 Å². The summed E-state index contributed by atoms with van der Waals surface area (Å²) in [6.07, 6.45) is 4.86. The van der Waals surface area contributed by atoms with Gasteiger partial charge in [-0.25, -0.2) is 0 Å². The van der Waals surface area contributed by atoms with Crippen LogP contribution < -0.4 is 0 Å². The molecule has 2 heterocycles. The molecule has 2 aromatic heterocycles. The summed E-state index contributed by atoms with van der Waals surface area (Å²) in [7, 11) is 0.